The Kier molecular flexibility index (Phi) is 1.39. The maximum absolute atomic E-state index is 11.7. The molecule has 15 heavy (non-hydrogen) atoms. The first-order valence-electron chi connectivity index (χ1n) is 7.75. The number of hydrogen-bond acceptors (Lipinski definition) is 3. The smallest absolute Gasteiger partial charge is 0.309 e. The number of nitrogens with zero attached hydrogens (tertiary/aromatic N) is 2. The van der Waals surface area contributed by atoms with Gasteiger partial charge < -0.3 is 9.30 Å². The molecule has 0 radical (unpaired) electrons. The van der Waals surface area contributed by atoms with Crippen LogP contribution in [0.1, 0.15) is 27.3 Å². The van der Waals surface area contributed by atoms with Crippen LogP contribution in [0.2, 0.25) is 0 Å². The zero-order valence-corrected chi connectivity index (χ0v) is 8.36. The van der Waals surface area contributed by atoms with Gasteiger partial charge in [-0.25, -0.2) is 4.98 Å². The summed E-state index contributed by atoms with van der Waals surface area (Å²) in [6, 6.07) is 0. The van der Waals surface area contributed by atoms with Crippen molar-refractivity contribution in [2.24, 2.45) is 18.8 Å². The van der Waals surface area contributed by atoms with Gasteiger partial charge in [-0.05, 0) is 12.8 Å². The van der Waals surface area contributed by atoms with E-state index in [0.717, 1.165) is 17.1 Å². The van der Waals surface area contributed by atoms with Crippen LogP contribution in [-0.2, 0) is 22.9 Å². The highest BCUT2D eigenvalue weighted by atomic mass is 16.5. The van der Waals surface area contributed by atoms with E-state index in [1.54, 1.807) is 6.92 Å². The molecular formula is C11H16N2O2. The first kappa shape index (κ1) is 5.14. The second kappa shape index (κ2) is 4.04. The molecule has 1 aromatic heterocycles. The van der Waals surface area contributed by atoms with Gasteiger partial charge in [-0.3, -0.25) is 4.79 Å². The minimum atomic E-state index is -2.58. The van der Waals surface area contributed by atoms with E-state index in [1.807, 2.05) is 0 Å². The predicted molar refractivity (Wildman–Crippen MR) is 55.1 cm³/mol. The minimum absolute atomic E-state index is 0.0813. The van der Waals surface area contributed by atoms with Crippen molar-refractivity contribution < 1.29 is 17.8 Å². The van der Waals surface area contributed by atoms with Gasteiger partial charge in [0, 0.05) is 33.0 Å². The molecule has 4 heteroatoms. The van der Waals surface area contributed by atoms with E-state index in [1.165, 1.54) is 0 Å². The lowest BCUT2D eigenvalue weighted by molar-refractivity contribution is -0.141. The normalized spacial score (nSPS) is 38.2. The van der Waals surface area contributed by atoms with Crippen LogP contribution in [0.25, 0.3) is 0 Å². The fourth-order valence-electron chi connectivity index (χ4n) is 1.59. The van der Waals surface area contributed by atoms with Gasteiger partial charge in [-0.1, -0.05) is 6.92 Å². The van der Waals surface area contributed by atoms with E-state index in [9.17, 15) is 4.79 Å². The third kappa shape index (κ3) is 1.89. The molecule has 1 aliphatic rings. The van der Waals surface area contributed by atoms with Crippen molar-refractivity contribution in [2.75, 3.05) is 6.61 Å². The highest BCUT2D eigenvalue weighted by Crippen LogP contribution is 2.27. The van der Waals surface area contributed by atoms with E-state index in [-0.39, 0.29) is 18.7 Å². The van der Waals surface area contributed by atoms with Crippen LogP contribution < -0.4 is 0 Å². The summed E-state index contributed by atoms with van der Waals surface area (Å²) in [4.78, 5) is 15.4. The average molecular weight is 214 g/mol. The maximum atomic E-state index is 11.7. The highest BCUT2D eigenvalue weighted by Gasteiger charge is 2.35. The lowest BCUT2D eigenvalue weighted by Gasteiger charge is -2.12. The number of rotatable bonds is 3. The Morgan fingerprint density at radius 2 is 2.80 bits per heavy atom. The molecule has 0 N–H and O–H groups in total. The monoisotopic (exact) mass is 214 g/mol. The molecule has 2 heterocycles. The summed E-state index contributed by atoms with van der Waals surface area (Å²) in [6.07, 6.45) is -0.00660. The summed E-state index contributed by atoms with van der Waals surface area (Å²) in [5, 5.41) is 0. The van der Waals surface area contributed by atoms with Crippen LogP contribution in [-0.4, -0.2) is 22.1 Å². The quantitative estimate of drug-likeness (QED) is 0.709. The van der Waals surface area contributed by atoms with Gasteiger partial charge in [0.25, 0.3) is 0 Å². The molecule has 2 rings (SSSR count). The maximum Gasteiger partial charge on any atom is 0.309 e. The Hall–Kier alpha value is -1.32. The number of esters is 1. The molecule has 2 atom stereocenters. The lowest BCUT2D eigenvalue weighted by Crippen LogP contribution is -2.18. The molecule has 1 fully saturated rings. The van der Waals surface area contributed by atoms with Crippen LogP contribution in [0.3, 0.4) is 0 Å². The molecule has 4 nitrogen and oxygen atoms in total. The Balaban J connectivity index is 2.48. The van der Waals surface area contributed by atoms with Crippen LogP contribution in [0.5, 0.6) is 0 Å². The molecule has 82 valence electrons. The fraction of sp³-hybridized carbons (Fsp3) is 0.636. The van der Waals surface area contributed by atoms with Crippen molar-refractivity contribution in [3.63, 3.8) is 0 Å². The molecule has 1 saturated heterocycles. The van der Waals surface area contributed by atoms with Gasteiger partial charge in [0.2, 0.25) is 0 Å². The third-order valence-corrected chi connectivity index (χ3v) is 2.41. The van der Waals surface area contributed by atoms with Crippen LogP contribution in [0.4, 0.5) is 0 Å². The number of cyclic esters (lactones) is 1. The topological polar surface area (TPSA) is 44.1 Å². The first-order valence-corrected chi connectivity index (χ1v) is 4.75. The van der Waals surface area contributed by atoms with Gasteiger partial charge in [0.05, 0.1) is 18.8 Å². The number of aromatic nitrogens is 2. The number of carbonyl (C=O) groups is 1. The van der Waals surface area contributed by atoms with Gasteiger partial charge in [0.1, 0.15) is 0 Å². The Morgan fingerprint density at radius 3 is 3.53 bits per heavy atom. The molecular weight excluding hydrogens is 192 g/mol. The van der Waals surface area contributed by atoms with Gasteiger partial charge >= 0.3 is 5.97 Å². The molecule has 0 saturated carbocycles. The lowest BCUT2D eigenvalue weighted by atomic mass is 9.89. The summed E-state index contributed by atoms with van der Waals surface area (Å²) in [5.41, 5.74) is -0.184. The largest absolute Gasteiger partial charge is 0.465 e. The Bertz CT molecular complexity index is 555. The Labute approximate surface area is 97.7 Å². The van der Waals surface area contributed by atoms with Crippen LogP contribution >= 0.6 is 0 Å². The van der Waals surface area contributed by atoms with E-state index in [2.05, 4.69) is 4.98 Å². The molecule has 0 aromatic carbocycles. The standard InChI is InChI=1S/C11H16N2O2/c1-3-10-8(6-15-11(10)14)4-9-5-12-7-13(9)2/h5,7-8,10H,3-4,6H2,1-2H3/t8-,10-/m0/s1/i2D3,4D2,10D. The minimum Gasteiger partial charge on any atom is -0.465 e. The summed E-state index contributed by atoms with van der Waals surface area (Å²) < 4.78 is 52.5. The molecule has 0 amide bonds. The molecule has 0 aliphatic carbocycles. The van der Waals surface area contributed by atoms with Crippen LogP contribution in [0.15, 0.2) is 12.5 Å². The summed E-state index contributed by atoms with van der Waals surface area (Å²) in [5.74, 6) is -3.60. The molecule has 0 unspecified atom stereocenters. The molecule has 0 spiro atoms. The first-order chi connectivity index (χ1) is 9.55. The van der Waals surface area contributed by atoms with Crippen molar-refractivity contribution in [3.8, 4) is 0 Å². The number of carbonyl (C=O) groups excluding carboxylic acids is 1. The van der Waals surface area contributed by atoms with Crippen molar-refractivity contribution >= 4 is 5.97 Å². The SMILES string of the molecule is [2H]C([2H])(c1cncn1C([2H])([2H])[2H])[C@H]1COC(=O)[C@@]1([2H])CC. The predicted octanol–water partition coefficient (Wildman–Crippen LogP) is 1.16. The zero-order chi connectivity index (χ0) is 16.1. The van der Waals surface area contributed by atoms with Crippen molar-refractivity contribution in [3.05, 3.63) is 18.2 Å². The summed E-state index contributed by atoms with van der Waals surface area (Å²) >= 11 is 0. The molecule has 1 aliphatic heterocycles. The summed E-state index contributed by atoms with van der Waals surface area (Å²) in [7, 11) is 0. The van der Waals surface area contributed by atoms with Gasteiger partial charge in [-0.15, -0.1) is 0 Å². The fourth-order valence-corrected chi connectivity index (χ4v) is 1.59. The zero-order valence-electron chi connectivity index (χ0n) is 14.4. The van der Waals surface area contributed by atoms with Crippen LogP contribution in [0, 0.1) is 11.8 Å². The summed E-state index contributed by atoms with van der Waals surface area (Å²) in [6.45, 7) is -1.24. The molecule has 0 bridgehead atoms. The third-order valence-electron chi connectivity index (χ3n) is 2.41. The number of aryl methyl sites for hydroxylation is 1. The Morgan fingerprint density at radius 1 is 1.93 bits per heavy atom. The van der Waals surface area contributed by atoms with E-state index in [4.69, 9.17) is 13.0 Å². The number of ether oxygens (including phenoxy) is 1. The van der Waals surface area contributed by atoms with E-state index < -0.39 is 31.1 Å². The van der Waals surface area contributed by atoms with Gasteiger partial charge in [0.15, 0.2) is 0 Å². The molecule has 1 aromatic rings. The van der Waals surface area contributed by atoms with E-state index in [0.29, 0.717) is 0 Å². The van der Waals surface area contributed by atoms with Gasteiger partial charge in [-0.2, -0.15) is 0 Å². The van der Waals surface area contributed by atoms with Crippen molar-refractivity contribution in [2.45, 2.75) is 19.7 Å². The van der Waals surface area contributed by atoms with Crippen molar-refractivity contribution in [1.29, 1.82) is 0 Å². The number of hydrogen-bond donors (Lipinski definition) is 0. The van der Waals surface area contributed by atoms with E-state index >= 15 is 0 Å². The second-order valence-electron chi connectivity index (χ2n) is 3.32. The number of imidazole rings is 1. The highest BCUT2D eigenvalue weighted by molar-refractivity contribution is 5.74. The average Bonchev–Trinajstić information content (AvgIpc) is 2.96. The van der Waals surface area contributed by atoms with Crippen molar-refractivity contribution in [1.82, 2.24) is 9.55 Å². The second-order valence-corrected chi connectivity index (χ2v) is 3.32.